The van der Waals surface area contributed by atoms with Gasteiger partial charge in [0, 0.05) is 33.1 Å². The largest absolute Gasteiger partial charge is 0.507 e. The minimum atomic E-state index is -0.816. The third-order valence-electron chi connectivity index (χ3n) is 5.00. The highest BCUT2D eigenvalue weighted by molar-refractivity contribution is 9.10. The molecule has 0 unspecified atom stereocenters. The van der Waals surface area contributed by atoms with Crippen molar-refractivity contribution in [1.29, 1.82) is 0 Å². The Labute approximate surface area is 186 Å². The fraction of sp³-hybridized carbons (Fsp3) is 0.0870. The molecule has 0 spiro atoms. The summed E-state index contributed by atoms with van der Waals surface area (Å²) < 4.78 is 0.810. The molecule has 1 fully saturated rings. The molecular formula is C23H16BrClN2O3. The SMILES string of the molecule is Cc1ccc(N2C(=O)C(=O)C(=C(O)c3ccc(Cl)cc3)[C@@H]2c2cccnc2)cc1Br. The van der Waals surface area contributed by atoms with Crippen LogP contribution in [0.25, 0.3) is 5.76 Å². The number of amides is 1. The number of anilines is 1. The molecule has 2 aromatic carbocycles. The van der Waals surface area contributed by atoms with E-state index in [1.54, 1.807) is 60.9 Å². The number of carbonyl (C=O) groups is 2. The number of Topliss-reactive ketones (excluding diaryl/α,β-unsaturated/α-hetero) is 1. The smallest absolute Gasteiger partial charge is 0.300 e. The Balaban J connectivity index is 1.94. The summed E-state index contributed by atoms with van der Waals surface area (Å²) in [6.45, 7) is 1.93. The molecule has 1 aliphatic rings. The molecule has 2 heterocycles. The van der Waals surface area contributed by atoms with Gasteiger partial charge in [-0.15, -0.1) is 0 Å². The second-order valence-corrected chi connectivity index (χ2v) is 8.19. The van der Waals surface area contributed by atoms with Gasteiger partial charge in [-0.2, -0.15) is 0 Å². The molecule has 1 aliphatic heterocycles. The van der Waals surface area contributed by atoms with Crippen LogP contribution in [0.3, 0.4) is 0 Å². The van der Waals surface area contributed by atoms with Crippen molar-refractivity contribution in [2.75, 3.05) is 4.90 Å². The van der Waals surface area contributed by atoms with Crippen molar-refractivity contribution in [1.82, 2.24) is 4.98 Å². The van der Waals surface area contributed by atoms with Gasteiger partial charge in [-0.1, -0.05) is 39.7 Å². The van der Waals surface area contributed by atoms with Crippen LogP contribution < -0.4 is 4.90 Å². The summed E-state index contributed by atoms with van der Waals surface area (Å²) >= 11 is 9.43. The van der Waals surface area contributed by atoms with Crippen molar-refractivity contribution in [3.05, 3.63) is 98.7 Å². The standard InChI is InChI=1S/C23H16BrClN2O3/c1-13-4-9-17(11-18(13)24)27-20(15-3-2-10-26-12-15)19(22(29)23(27)30)21(28)14-5-7-16(25)8-6-14/h2-12,20,28H,1H3/t20-/m0/s1. The van der Waals surface area contributed by atoms with Crippen molar-refractivity contribution >= 4 is 50.7 Å². The number of rotatable bonds is 3. The summed E-state index contributed by atoms with van der Waals surface area (Å²) in [7, 11) is 0. The van der Waals surface area contributed by atoms with Gasteiger partial charge >= 0.3 is 0 Å². The van der Waals surface area contributed by atoms with Crippen LogP contribution in [-0.2, 0) is 9.59 Å². The summed E-state index contributed by atoms with van der Waals surface area (Å²) in [4.78, 5) is 31.6. The lowest BCUT2D eigenvalue weighted by atomic mass is 9.96. The lowest BCUT2D eigenvalue weighted by Gasteiger charge is -2.25. The number of aromatic nitrogens is 1. The Bertz CT molecular complexity index is 1180. The molecule has 0 saturated carbocycles. The minimum Gasteiger partial charge on any atom is -0.507 e. The van der Waals surface area contributed by atoms with Crippen molar-refractivity contribution in [3.63, 3.8) is 0 Å². The van der Waals surface area contributed by atoms with Gasteiger partial charge in [-0.25, -0.2) is 0 Å². The first-order chi connectivity index (χ1) is 14.4. The van der Waals surface area contributed by atoms with Gasteiger partial charge in [0.15, 0.2) is 0 Å². The first-order valence-electron chi connectivity index (χ1n) is 9.11. The maximum Gasteiger partial charge on any atom is 0.300 e. The Hall–Kier alpha value is -2.96. The van der Waals surface area contributed by atoms with Crippen LogP contribution in [0.2, 0.25) is 5.02 Å². The van der Waals surface area contributed by atoms with Crippen LogP contribution in [0.4, 0.5) is 5.69 Å². The highest BCUT2D eigenvalue weighted by atomic mass is 79.9. The summed E-state index contributed by atoms with van der Waals surface area (Å²) in [5.41, 5.74) is 2.56. The molecule has 1 N–H and O–H groups in total. The predicted octanol–water partition coefficient (Wildman–Crippen LogP) is 5.43. The Morgan fingerprint density at radius 1 is 1.13 bits per heavy atom. The number of benzene rings is 2. The summed E-state index contributed by atoms with van der Waals surface area (Å²) in [6, 6.07) is 14.5. The number of aryl methyl sites for hydroxylation is 1. The van der Waals surface area contributed by atoms with Crippen LogP contribution in [-0.4, -0.2) is 21.8 Å². The van der Waals surface area contributed by atoms with E-state index < -0.39 is 17.7 Å². The maximum absolute atomic E-state index is 13.1. The van der Waals surface area contributed by atoms with Crippen molar-refractivity contribution < 1.29 is 14.7 Å². The van der Waals surface area contributed by atoms with Gasteiger partial charge in [0.2, 0.25) is 0 Å². The second-order valence-electron chi connectivity index (χ2n) is 6.90. The van der Waals surface area contributed by atoms with Crippen LogP contribution in [0.5, 0.6) is 0 Å². The van der Waals surface area contributed by atoms with Gasteiger partial charge in [0.05, 0.1) is 11.6 Å². The third-order valence-corrected chi connectivity index (χ3v) is 6.10. The lowest BCUT2D eigenvalue weighted by molar-refractivity contribution is -0.132. The monoisotopic (exact) mass is 482 g/mol. The molecule has 150 valence electrons. The predicted molar refractivity (Wildman–Crippen MR) is 119 cm³/mol. The highest BCUT2D eigenvalue weighted by Gasteiger charge is 2.47. The minimum absolute atomic E-state index is 0.00650. The normalized spacial score (nSPS) is 18.1. The van der Waals surface area contributed by atoms with Crippen LogP contribution in [0.1, 0.15) is 22.7 Å². The van der Waals surface area contributed by atoms with Crippen LogP contribution in [0.15, 0.2) is 77.0 Å². The van der Waals surface area contributed by atoms with Crippen molar-refractivity contribution in [3.8, 4) is 0 Å². The summed E-state index contributed by atoms with van der Waals surface area (Å²) in [6.07, 6.45) is 3.19. The zero-order valence-electron chi connectivity index (χ0n) is 15.8. The highest BCUT2D eigenvalue weighted by Crippen LogP contribution is 2.42. The lowest BCUT2D eigenvalue weighted by Crippen LogP contribution is -2.29. The quantitative estimate of drug-likeness (QED) is 0.306. The number of halogens is 2. The number of aliphatic hydroxyl groups is 1. The molecule has 0 radical (unpaired) electrons. The molecule has 7 heteroatoms. The molecule has 1 aromatic heterocycles. The fourth-order valence-corrected chi connectivity index (χ4v) is 3.94. The number of aliphatic hydroxyl groups excluding tert-OH is 1. The number of nitrogens with zero attached hydrogens (tertiary/aromatic N) is 2. The van der Waals surface area contributed by atoms with Gasteiger partial charge in [0.1, 0.15) is 5.76 Å². The van der Waals surface area contributed by atoms with Gasteiger partial charge < -0.3 is 5.11 Å². The summed E-state index contributed by atoms with van der Waals surface area (Å²) in [5.74, 6) is -1.73. The third kappa shape index (κ3) is 3.53. The molecule has 3 aromatic rings. The number of hydrogen-bond donors (Lipinski definition) is 1. The van der Waals surface area contributed by atoms with E-state index in [2.05, 4.69) is 20.9 Å². The Kier molecular flexibility index (Phi) is 5.45. The number of carbonyl (C=O) groups excluding carboxylic acids is 2. The number of hydrogen-bond acceptors (Lipinski definition) is 4. The van der Waals surface area contributed by atoms with E-state index >= 15 is 0 Å². The summed E-state index contributed by atoms with van der Waals surface area (Å²) in [5, 5.41) is 11.5. The Morgan fingerprint density at radius 3 is 2.50 bits per heavy atom. The first kappa shape index (κ1) is 20.3. The second kappa shape index (κ2) is 8.05. The van der Waals surface area contributed by atoms with E-state index in [0.29, 0.717) is 21.8 Å². The molecule has 0 bridgehead atoms. The average molecular weight is 484 g/mol. The maximum atomic E-state index is 13.1. The zero-order chi connectivity index (χ0) is 21.4. The zero-order valence-corrected chi connectivity index (χ0v) is 18.2. The molecule has 1 amide bonds. The molecule has 0 aliphatic carbocycles. The number of ketones is 1. The molecule has 5 nitrogen and oxygen atoms in total. The molecule has 1 atom stereocenters. The van der Waals surface area contributed by atoms with Gasteiger partial charge in [-0.05, 0) is 60.5 Å². The fourth-order valence-electron chi connectivity index (χ4n) is 3.45. The molecule has 1 saturated heterocycles. The molecule has 4 rings (SSSR count). The van der Waals surface area contributed by atoms with Crippen LogP contribution in [0, 0.1) is 6.92 Å². The topological polar surface area (TPSA) is 70.5 Å². The molecular weight excluding hydrogens is 468 g/mol. The van der Waals surface area contributed by atoms with Crippen LogP contribution >= 0.6 is 27.5 Å². The van der Waals surface area contributed by atoms with Crippen molar-refractivity contribution in [2.45, 2.75) is 13.0 Å². The van der Waals surface area contributed by atoms with E-state index in [-0.39, 0.29) is 11.3 Å². The van der Waals surface area contributed by atoms with E-state index in [1.807, 2.05) is 13.0 Å². The van der Waals surface area contributed by atoms with Crippen molar-refractivity contribution in [2.24, 2.45) is 0 Å². The van der Waals surface area contributed by atoms with E-state index in [4.69, 9.17) is 11.6 Å². The van der Waals surface area contributed by atoms with E-state index in [1.165, 1.54) is 4.90 Å². The Morgan fingerprint density at radius 2 is 1.87 bits per heavy atom. The van der Waals surface area contributed by atoms with Gasteiger partial charge in [-0.3, -0.25) is 19.5 Å². The van der Waals surface area contributed by atoms with Gasteiger partial charge in [0.25, 0.3) is 11.7 Å². The first-order valence-corrected chi connectivity index (χ1v) is 10.3. The average Bonchev–Trinajstić information content (AvgIpc) is 3.01. The molecule has 30 heavy (non-hydrogen) atoms. The van der Waals surface area contributed by atoms with E-state index in [9.17, 15) is 14.7 Å². The van der Waals surface area contributed by atoms with E-state index in [0.717, 1.165) is 10.0 Å². The number of pyridine rings is 1.